The monoisotopic (exact) mass is 374 g/mol. The van der Waals surface area contributed by atoms with E-state index in [2.05, 4.69) is 5.32 Å². The van der Waals surface area contributed by atoms with Crippen molar-refractivity contribution in [1.29, 1.82) is 0 Å². The lowest BCUT2D eigenvalue weighted by Gasteiger charge is -2.28. The molecule has 0 bridgehead atoms. The van der Waals surface area contributed by atoms with Gasteiger partial charge in [0.2, 0.25) is 5.91 Å². The molecule has 0 unspecified atom stereocenters. The number of ether oxygens (including phenoxy) is 2. The van der Waals surface area contributed by atoms with Crippen LogP contribution in [-0.4, -0.2) is 37.5 Å². The smallest absolute Gasteiger partial charge is 0.344 e. The molecular weight excluding hydrogens is 360 g/mol. The minimum absolute atomic E-state index is 0.130. The first kappa shape index (κ1) is 17.8. The number of amides is 2. The zero-order chi connectivity index (χ0) is 18.5. The summed E-state index contributed by atoms with van der Waals surface area (Å²) in [6, 6.07) is 13.4. The minimum Gasteiger partial charge on any atom is -0.482 e. The van der Waals surface area contributed by atoms with E-state index in [1.807, 2.05) is 0 Å². The molecule has 2 amide bonds. The van der Waals surface area contributed by atoms with Crippen LogP contribution in [0.2, 0.25) is 5.02 Å². The summed E-state index contributed by atoms with van der Waals surface area (Å²) in [5, 5.41) is 3.23. The van der Waals surface area contributed by atoms with E-state index in [4.69, 9.17) is 21.1 Å². The molecule has 0 saturated heterocycles. The van der Waals surface area contributed by atoms with Crippen LogP contribution in [0.3, 0.4) is 0 Å². The maximum Gasteiger partial charge on any atom is 0.344 e. The Kier molecular flexibility index (Phi) is 5.38. The van der Waals surface area contributed by atoms with Crippen molar-refractivity contribution in [2.24, 2.45) is 0 Å². The van der Waals surface area contributed by atoms with Gasteiger partial charge in [-0.15, -0.1) is 0 Å². The predicted octanol–water partition coefficient (Wildman–Crippen LogP) is 2.25. The van der Waals surface area contributed by atoms with Crippen molar-refractivity contribution in [2.45, 2.75) is 0 Å². The van der Waals surface area contributed by atoms with Crippen LogP contribution in [-0.2, 0) is 19.1 Å². The standard InChI is InChI=1S/C18H15ClN2O5/c19-12-5-7-13(8-6-12)25-11-18(24)26-10-17(23)21-9-16(22)20-14-3-1-2-4-15(14)21/h1-8H,9-11H2,(H,20,22). The number of benzene rings is 2. The first-order valence-corrected chi connectivity index (χ1v) is 8.14. The van der Waals surface area contributed by atoms with Gasteiger partial charge in [0.15, 0.2) is 13.2 Å². The van der Waals surface area contributed by atoms with E-state index < -0.39 is 18.5 Å². The molecule has 2 aromatic carbocycles. The van der Waals surface area contributed by atoms with Crippen molar-refractivity contribution in [2.75, 3.05) is 30.0 Å². The van der Waals surface area contributed by atoms with Crippen molar-refractivity contribution >= 4 is 40.8 Å². The molecule has 0 aromatic heterocycles. The number of hydrogen-bond acceptors (Lipinski definition) is 5. The van der Waals surface area contributed by atoms with Crippen molar-refractivity contribution in [3.05, 3.63) is 53.6 Å². The van der Waals surface area contributed by atoms with Crippen LogP contribution in [0.15, 0.2) is 48.5 Å². The van der Waals surface area contributed by atoms with E-state index in [-0.39, 0.29) is 19.1 Å². The molecule has 8 heteroatoms. The summed E-state index contributed by atoms with van der Waals surface area (Å²) in [5.74, 6) is -1.04. The number of rotatable bonds is 5. The molecule has 0 fully saturated rings. The van der Waals surface area contributed by atoms with E-state index in [0.29, 0.717) is 22.1 Å². The second-order valence-corrected chi connectivity index (χ2v) is 5.88. The lowest BCUT2D eigenvalue weighted by molar-refractivity contribution is -0.149. The molecule has 7 nitrogen and oxygen atoms in total. The number of nitrogens with zero attached hydrogens (tertiary/aromatic N) is 1. The highest BCUT2D eigenvalue weighted by atomic mass is 35.5. The fourth-order valence-corrected chi connectivity index (χ4v) is 2.52. The van der Waals surface area contributed by atoms with Gasteiger partial charge in [-0.2, -0.15) is 0 Å². The molecule has 1 aliphatic heterocycles. The Morgan fingerprint density at radius 2 is 1.81 bits per heavy atom. The molecule has 1 heterocycles. The predicted molar refractivity (Wildman–Crippen MR) is 95.3 cm³/mol. The average molecular weight is 375 g/mol. The Hall–Kier alpha value is -3.06. The largest absolute Gasteiger partial charge is 0.482 e. The first-order chi connectivity index (χ1) is 12.5. The van der Waals surface area contributed by atoms with Gasteiger partial charge in [-0.3, -0.25) is 14.5 Å². The van der Waals surface area contributed by atoms with E-state index in [0.717, 1.165) is 0 Å². The van der Waals surface area contributed by atoms with Crippen LogP contribution in [0.4, 0.5) is 11.4 Å². The first-order valence-electron chi connectivity index (χ1n) is 7.76. The number of halogens is 1. The molecule has 1 aliphatic rings. The third kappa shape index (κ3) is 4.31. The van der Waals surface area contributed by atoms with Gasteiger partial charge >= 0.3 is 5.97 Å². The van der Waals surface area contributed by atoms with Crippen molar-refractivity contribution < 1.29 is 23.9 Å². The molecule has 0 saturated carbocycles. The molecule has 1 N–H and O–H groups in total. The maximum atomic E-state index is 12.3. The average Bonchev–Trinajstić information content (AvgIpc) is 2.65. The molecule has 134 valence electrons. The number of fused-ring (bicyclic) bond motifs is 1. The zero-order valence-corrected chi connectivity index (χ0v) is 14.4. The van der Waals surface area contributed by atoms with Crippen molar-refractivity contribution in [3.8, 4) is 5.75 Å². The van der Waals surface area contributed by atoms with Crippen LogP contribution >= 0.6 is 11.6 Å². The molecule has 26 heavy (non-hydrogen) atoms. The summed E-state index contributed by atoms with van der Waals surface area (Å²) in [6.07, 6.45) is 0. The normalized spacial score (nSPS) is 12.8. The Labute approximate surface area is 154 Å². The highest BCUT2D eigenvalue weighted by Crippen LogP contribution is 2.28. The summed E-state index contributed by atoms with van der Waals surface area (Å²) < 4.78 is 10.2. The number of hydrogen-bond donors (Lipinski definition) is 1. The van der Waals surface area contributed by atoms with Gasteiger partial charge in [0.05, 0.1) is 11.4 Å². The zero-order valence-electron chi connectivity index (χ0n) is 13.6. The van der Waals surface area contributed by atoms with E-state index in [9.17, 15) is 14.4 Å². The Morgan fingerprint density at radius 1 is 1.08 bits per heavy atom. The fourth-order valence-electron chi connectivity index (χ4n) is 2.39. The summed E-state index contributed by atoms with van der Waals surface area (Å²) in [4.78, 5) is 37.1. The number of nitrogens with one attached hydrogen (secondary N) is 1. The molecule has 0 aliphatic carbocycles. The highest BCUT2D eigenvalue weighted by molar-refractivity contribution is 6.30. The quantitative estimate of drug-likeness (QED) is 0.811. The number of para-hydroxylation sites is 2. The fraction of sp³-hybridized carbons (Fsp3) is 0.167. The van der Waals surface area contributed by atoms with Crippen molar-refractivity contribution in [3.63, 3.8) is 0 Å². The lowest BCUT2D eigenvalue weighted by atomic mass is 10.2. The molecule has 0 atom stereocenters. The maximum absolute atomic E-state index is 12.3. The summed E-state index contributed by atoms with van der Waals surface area (Å²) in [6.45, 7) is -0.953. The van der Waals surface area contributed by atoms with Gasteiger partial charge in [-0.05, 0) is 36.4 Å². The number of anilines is 2. The van der Waals surface area contributed by atoms with Crippen molar-refractivity contribution in [1.82, 2.24) is 0 Å². The Bertz CT molecular complexity index is 838. The third-order valence-corrected chi connectivity index (χ3v) is 3.85. The van der Waals surface area contributed by atoms with Gasteiger partial charge in [0.1, 0.15) is 12.3 Å². The van der Waals surface area contributed by atoms with Crippen LogP contribution in [0.1, 0.15) is 0 Å². The summed E-state index contributed by atoms with van der Waals surface area (Å²) >= 11 is 5.76. The second-order valence-electron chi connectivity index (χ2n) is 5.45. The topological polar surface area (TPSA) is 84.9 Å². The van der Waals surface area contributed by atoms with Crippen LogP contribution < -0.4 is 15.0 Å². The summed E-state index contributed by atoms with van der Waals surface area (Å²) in [7, 11) is 0. The second kappa shape index (κ2) is 7.88. The Balaban J connectivity index is 1.53. The van der Waals surface area contributed by atoms with Gasteiger partial charge in [0, 0.05) is 5.02 Å². The van der Waals surface area contributed by atoms with Crippen LogP contribution in [0.25, 0.3) is 0 Å². The number of esters is 1. The molecule has 0 spiro atoms. The molecule has 3 rings (SSSR count). The highest BCUT2D eigenvalue weighted by Gasteiger charge is 2.27. The van der Waals surface area contributed by atoms with E-state index >= 15 is 0 Å². The molecule has 0 radical (unpaired) electrons. The van der Waals surface area contributed by atoms with E-state index in [1.54, 1.807) is 48.5 Å². The third-order valence-electron chi connectivity index (χ3n) is 3.60. The minimum atomic E-state index is -0.692. The number of carbonyl (C=O) groups is 3. The SMILES string of the molecule is O=C1CN(C(=O)COC(=O)COc2ccc(Cl)cc2)c2ccccc2N1. The van der Waals surface area contributed by atoms with Gasteiger partial charge in [-0.25, -0.2) is 4.79 Å². The molecular formula is C18H15ClN2O5. The van der Waals surface area contributed by atoms with Gasteiger partial charge in [-0.1, -0.05) is 23.7 Å². The Morgan fingerprint density at radius 3 is 2.58 bits per heavy atom. The van der Waals surface area contributed by atoms with Crippen LogP contribution in [0.5, 0.6) is 5.75 Å². The van der Waals surface area contributed by atoms with Gasteiger partial charge in [0.25, 0.3) is 5.91 Å². The number of carbonyl (C=O) groups excluding carboxylic acids is 3. The van der Waals surface area contributed by atoms with Crippen LogP contribution in [0, 0.1) is 0 Å². The lowest BCUT2D eigenvalue weighted by Crippen LogP contribution is -2.44. The molecule has 2 aromatic rings. The van der Waals surface area contributed by atoms with E-state index in [1.165, 1.54) is 4.90 Å². The van der Waals surface area contributed by atoms with Gasteiger partial charge < -0.3 is 14.8 Å². The summed E-state index contributed by atoms with van der Waals surface area (Å²) in [5.41, 5.74) is 1.10.